The number of hydrogen-bond acceptors (Lipinski definition) is 4. The normalized spacial score (nSPS) is 17.7. The topological polar surface area (TPSA) is 55.6 Å². The van der Waals surface area contributed by atoms with E-state index in [1.165, 1.54) is 0 Å². The van der Waals surface area contributed by atoms with Gasteiger partial charge >= 0.3 is 6.09 Å². The van der Waals surface area contributed by atoms with Gasteiger partial charge in [-0.25, -0.2) is 9.78 Å². The molecule has 0 atom stereocenters. The predicted octanol–water partition coefficient (Wildman–Crippen LogP) is 6.19. The molecule has 0 N–H and O–H groups in total. The molecule has 1 fully saturated rings. The van der Waals surface area contributed by atoms with E-state index in [0.29, 0.717) is 13.1 Å². The quantitative estimate of drug-likeness (QED) is 0.610. The van der Waals surface area contributed by atoms with Crippen molar-refractivity contribution in [2.45, 2.75) is 58.0 Å². The van der Waals surface area contributed by atoms with Crippen LogP contribution in [0.4, 0.5) is 4.79 Å². The van der Waals surface area contributed by atoms with Crippen molar-refractivity contribution in [1.29, 1.82) is 0 Å². The van der Waals surface area contributed by atoms with Gasteiger partial charge in [-0.15, -0.1) is 0 Å². The Labute approximate surface area is 178 Å². The van der Waals surface area contributed by atoms with Gasteiger partial charge in [0.15, 0.2) is 11.7 Å². The van der Waals surface area contributed by atoms with Crippen LogP contribution in [0.2, 0.25) is 0 Å². The first-order valence-corrected chi connectivity index (χ1v) is 10.8. The van der Waals surface area contributed by atoms with Crippen LogP contribution in [0.3, 0.4) is 0 Å². The summed E-state index contributed by atoms with van der Waals surface area (Å²) in [6, 6.07) is 10.2. The smallest absolute Gasteiger partial charge is 0.410 e. The van der Waals surface area contributed by atoms with Crippen molar-refractivity contribution in [3.05, 3.63) is 60.1 Å². The van der Waals surface area contributed by atoms with E-state index in [1.807, 2.05) is 39.0 Å². The standard InChI is InChI=1S/C25H30N2O3/c1-25(2,3)30-24(28)27-16-14-20(15-17-27)23-26-21(18-10-6-4-7-11-18)22(29-23)19-12-8-5-9-13-19/h5-6,8-13,20H,4,7,14-17H2,1-3H3. The number of allylic oxidation sites excluding steroid dienone is 4. The van der Waals surface area contributed by atoms with E-state index in [0.717, 1.165) is 54.2 Å². The Morgan fingerprint density at radius 1 is 1.13 bits per heavy atom. The second kappa shape index (κ2) is 8.50. The summed E-state index contributed by atoms with van der Waals surface area (Å²) < 4.78 is 11.9. The number of oxazole rings is 1. The maximum absolute atomic E-state index is 12.4. The van der Waals surface area contributed by atoms with Gasteiger partial charge < -0.3 is 14.1 Å². The van der Waals surface area contributed by atoms with Crippen molar-refractivity contribution in [1.82, 2.24) is 9.88 Å². The molecule has 4 rings (SSSR count). The van der Waals surface area contributed by atoms with Crippen LogP contribution in [-0.4, -0.2) is 34.7 Å². The fraction of sp³-hybridized carbons (Fsp3) is 0.440. The molecule has 1 amide bonds. The Morgan fingerprint density at radius 2 is 1.87 bits per heavy atom. The number of carbonyl (C=O) groups excluding carboxylic acids is 1. The number of ether oxygens (including phenoxy) is 1. The average Bonchev–Trinajstić information content (AvgIpc) is 3.19. The number of benzene rings is 1. The first-order chi connectivity index (χ1) is 14.4. The molecular weight excluding hydrogens is 376 g/mol. The van der Waals surface area contributed by atoms with Crippen molar-refractivity contribution in [3.63, 3.8) is 0 Å². The number of likely N-dealkylation sites (tertiary alicyclic amines) is 1. The zero-order valence-electron chi connectivity index (χ0n) is 18.1. The van der Waals surface area contributed by atoms with Gasteiger partial charge in [0.25, 0.3) is 0 Å². The molecule has 1 saturated heterocycles. The summed E-state index contributed by atoms with van der Waals surface area (Å²) in [5.41, 5.74) is 2.61. The Bertz CT molecular complexity index is 943. The molecule has 2 heterocycles. The Hall–Kier alpha value is -2.82. The zero-order chi connectivity index (χ0) is 21.1. The van der Waals surface area contributed by atoms with Crippen molar-refractivity contribution in [2.24, 2.45) is 0 Å². The number of rotatable bonds is 3. The molecule has 1 aliphatic heterocycles. The minimum absolute atomic E-state index is 0.202. The van der Waals surface area contributed by atoms with Crippen LogP contribution in [0, 0.1) is 0 Å². The summed E-state index contributed by atoms with van der Waals surface area (Å²) in [6.45, 7) is 6.99. The lowest BCUT2D eigenvalue weighted by molar-refractivity contribution is 0.0199. The SMILES string of the molecule is CC(C)(C)OC(=O)N1CCC(c2nc(C3=CCCC=C3)c(-c3ccccc3)o2)CC1. The van der Waals surface area contributed by atoms with E-state index < -0.39 is 5.60 Å². The van der Waals surface area contributed by atoms with E-state index in [1.54, 1.807) is 4.90 Å². The predicted molar refractivity (Wildman–Crippen MR) is 118 cm³/mol. The lowest BCUT2D eigenvalue weighted by Crippen LogP contribution is -2.41. The summed E-state index contributed by atoms with van der Waals surface area (Å²) in [6.07, 6.45) is 10.1. The minimum Gasteiger partial charge on any atom is -0.444 e. The number of aromatic nitrogens is 1. The highest BCUT2D eigenvalue weighted by Gasteiger charge is 2.31. The Balaban J connectivity index is 1.54. The highest BCUT2D eigenvalue weighted by molar-refractivity contribution is 5.81. The van der Waals surface area contributed by atoms with Gasteiger partial charge in [-0.05, 0) is 52.0 Å². The van der Waals surface area contributed by atoms with E-state index >= 15 is 0 Å². The Morgan fingerprint density at radius 3 is 2.50 bits per heavy atom. The molecule has 158 valence electrons. The maximum atomic E-state index is 12.4. The second-order valence-corrected chi connectivity index (χ2v) is 8.98. The van der Waals surface area contributed by atoms with Crippen LogP contribution >= 0.6 is 0 Å². The van der Waals surface area contributed by atoms with Crippen molar-refractivity contribution < 1.29 is 13.9 Å². The largest absolute Gasteiger partial charge is 0.444 e. The number of hydrogen-bond donors (Lipinski definition) is 0. The third kappa shape index (κ3) is 4.66. The number of amides is 1. The van der Waals surface area contributed by atoms with Crippen LogP contribution in [0.5, 0.6) is 0 Å². The van der Waals surface area contributed by atoms with E-state index in [2.05, 4.69) is 30.4 Å². The fourth-order valence-electron chi connectivity index (χ4n) is 3.92. The van der Waals surface area contributed by atoms with Crippen LogP contribution in [0.1, 0.15) is 64.0 Å². The number of carbonyl (C=O) groups is 1. The molecule has 0 radical (unpaired) electrons. The summed E-state index contributed by atoms with van der Waals surface area (Å²) in [4.78, 5) is 19.1. The molecule has 2 aromatic rings. The van der Waals surface area contributed by atoms with Crippen LogP contribution in [-0.2, 0) is 4.74 Å². The van der Waals surface area contributed by atoms with Crippen molar-refractivity contribution in [3.8, 4) is 11.3 Å². The maximum Gasteiger partial charge on any atom is 0.410 e. The highest BCUT2D eigenvalue weighted by atomic mass is 16.6. The molecule has 1 aromatic carbocycles. The molecule has 1 aliphatic carbocycles. The first-order valence-electron chi connectivity index (χ1n) is 10.8. The van der Waals surface area contributed by atoms with E-state index in [9.17, 15) is 4.79 Å². The first kappa shape index (κ1) is 20.5. The van der Waals surface area contributed by atoms with Crippen LogP contribution < -0.4 is 0 Å². The molecule has 0 spiro atoms. The summed E-state index contributed by atoms with van der Waals surface area (Å²) in [5, 5.41) is 0. The van der Waals surface area contributed by atoms with Gasteiger partial charge in [-0.3, -0.25) is 0 Å². The van der Waals surface area contributed by atoms with Gasteiger partial charge in [0.05, 0.1) is 0 Å². The third-order valence-electron chi connectivity index (χ3n) is 5.44. The average molecular weight is 407 g/mol. The molecular formula is C25H30N2O3. The van der Waals surface area contributed by atoms with Gasteiger partial charge in [0.2, 0.25) is 0 Å². The molecule has 1 aromatic heterocycles. The minimum atomic E-state index is -0.475. The van der Waals surface area contributed by atoms with Gasteiger partial charge in [-0.2, -0.15) is 0 Å². The summed E-state index contributed by atoms with van der Waals surface area (Å²) in [7, 11) is 0. The molecule has 5 heteroatoms. The zero-order valence-corrected chi connectivity index (χ0v) is 18.1. The van der Waals surface area contributed by atoms with E-state index in [4.69, 9.17) is 14.1 Å². The number of nitrogens with zero attached hydrogens (tertiary/aromatic N) is 2. The molecule has 30 heavy (non-hydrogen) atoms. The van der Waals surface area contributed by atoms with Crippen molar-refractivity contribution in [2.75, 3.05) is 13.1 Å². The van der Waals surface area contributed by atoms with Gasteiger partial charge in [0.1, 0.15) is 11.3 Å². The monoisotopic (exact) mass is 406 g/mol. The van der Waals surface area contributed by atoms with Crippen LogP contribution in [0.25, 0.3) is 16.9 Å². The molecule has 2 aliphatic rings. The Kier molecular flexibility index (Phi) is 5.80. The summed E-state index contributed by atoms with van der Waals surface area (Å²) in [5.74, 6) is 1.80. The lowest BCUT2D eigenvalue weighted by Gasteiger charge is -2.32. The molecule has 0 unspecified atom stereocenters. The molecule has 5 nitrogen and oxygen atoms in total. The van der Waals surface area contributed by atoms with Gasteiger partial charge in [0, 0.05) is 24.6 Å². The molecule has 0 saturated carbocycles. The second-order valence-electron chi connectivity index (χ2n) is 8.98. The van der Waals surface area contributed by atoms with Crippen molar-refractivity contribution >= 4 is 11.7 Å². The van der Waals surface area contributed by atoms with Gasteiger partial charge in [-0.1, -0.05) is 48.6 Å². The van der Waals surface area contributed by atoms with E-state index in [-0.39, 0.29) is 12.0 Å². The van der Waals surface area contributed by atoms with Crippen LogP contribution in [0.15, 0.2) is 53.0 Å². The third-order valence-corrected chi connectivity index (χ3v) is 5.44. The highest BCUT2D eigenvalue weighted by Crippen LogP contribution is 2.37. The number of piperidine rings is 1. The summed E-state index contributed by atoms with van der Waals surface area (Å²) >= 11 is 0. The molecule has 0 bridgehead atoms. The fourth-order valence-corrected chi connectivity index (χ4v) is 3.92. The lowest BCUT2D eigenvalue weighted by atomic mass is 9.97.